The van der Waals surface area contributed by atoms with Gasteiger partial charge in [0.05, 0.1) is 12.5 Å². The zero-order valence-electron chi connectivity index (χ0n) is 11.3. The van der Waals surface area contributed by atoms with Gasteiger partial charge in [0.2, 0.25) is 0 Å². The molecule has 0 saturated carbocycles. The molecule has 0 saturated heterocycles. The highest BCUT2D eigenvalue weighted by molar-refractivity contribution is 5.89. The number of urea groups is 1. The Morgan fingerprint density at radius 2 is 2.15 bits per heavy atom. The van der Waals surface area contributed by atoms with Crippen molar-refractivity contribution in [1.29, 1.82) is 0 Å². The summed E-state index contributed by atoms with van der Waals surface area (Å²) in [7, 11) is 1.37. The molecule has 1 atom stereocenters. The van der Waals surface area contributed by atoms with E-state index in [0.29, 0.717) is 11.3 Å². The van der Waals surface area contributed by atoms with Gasteiger partial charge in [0.25, 0.3) is 0 Å². The molecule has 0 aliphatic rings. The van der Waals surface area contributed by atoms with E-state index < -0.39 is 18.1 Å². The number of anilines is 1. The molecule has 20 heavy (non-hydrogen) atoms. The second kappa shape index (κ2) is 7.44. The van der Waals surface area contributed by atoms with Gasteiger partial charge in [-0.15, -0.1) is 0 Å². The minimum absolute atomic E-state index is 0.0643. The van der Waals surface area contributed by atoms with Gasteiger partial charge in [-0.2, -0.15) is 0 Å². The van der Waals surface area contributed by atoms with Gasteiger partial charge in [0.1, 0.15) is 5.82 Å². The maximum Gasteiger partial charge on any atom is 0.319 e. The SMILES string of the molecule is COC(CNC(=O)Nc1ccc(F)c(C)c1)CC(=O)O. The van der Waals surface area contributed by atoms with Crippen LogP contribution in [-0.4, -0.2) is 36.9 Å². The first kappa shape index (κ1) is 15.9. The molecule has 0 aliphatic heterocycles. The Morgan fingerprint density at radius 1 is 1.45 bits per heavy atom. The highest BCUT2D eigenvalue weighted by Crippen LogP contribution is 2.13. The van der Waals surface area contributed by atoms with Gasteiger partial charge in [0, 0.05) is 19.3 Å². The first-order valence-electron chi connectivity index (χ1n) is 5.98. The van der Waals surface area contributed by atoms with Crippen LogP contribution in [-0.2, 0) is 9.53 Å². The number of halogens is 1. The van der Waals surface area contributed by atoms with E-state index in [1.165, 1.54) is 25.3 Å². The van der Waals surface area contributed by atoms with E-state index in [0.717, 1.165) is 0 Å². The monoisotopic (exact) mass is 284 g/mol. The van der Waals surface area contributed by atoms with Crippen LogP contribution in [0.4, 0.5) is 14.9 Å². The summed E-state index contributed by atoms with van der Waals surface area (Å²) in [6.45, 7) is 1.65. The zero-order valence-corrected chi connectivity index (χ0v) is 11.3. The van der Waals surface area contributed by atoms with E-state index in [9.17, 15) is 14.0 Å². The molecule has 110 valence electrons. The van der Waals surface area contributed by atoms with E-state index >= 15 is 0 Å². The van der Waals surface area contributed by atoms with Crippen LogP contribution >= 0.6 is 0 Å². The lowest BCUT2D eigenvalue weighted by molar-refractivity contribution is -0.139. The van der Waals surface area contributed by atoms with Gasteiger partial charge in [-0.1, -0.05) is 0 Å². The number of benzene rings is 1. The quantitative estimate of drug-likeness (QED) is 0.742. The van der Waals surface area contributed by atoms with Crippen molar-refractivity contribution in [2.24, 2.45) is 0 Å². The molecular weight excluding hydrogens is 267 g/mol. The number of carbonyl (C=O) groups excluding carboxylic acids is 1. The van der Waals surface area contributed by atoms with Crippen LogP contribution in [0.1, 0.15) is 12.0 Å². The Labute approximate surface area is 115 Å². The summed E-state index contributed by atoms with van der Waals surface area (Å²) < 4.78 is 18.0. The first-order valence-corrected chi connectivity index (χ1v) is 5.98. The predicted molar refractivity (Wildman–Crippen MR) is 71.2 cm³/mol. The van der Waals surface area contributed by atoms with Gasteiger partial charge in [-0.05, 0) is 30.7 Å². The molecule has 0 heterocycles. The molecule has 0 fully saturated rings. The number of methoxy groups -OCH3 is 1. The number of amides is 2. The van der Waals surface area contributed by atoms with Crippen LogP contribution in [0, 0.1) is 12.7 Å². The fraction of sp³-hybridized carbons (Fsp3) is 0.385. The highest BCUT2D eigenvalue weighted by atomic mass is 19.1. The number of carbonyl (C=O) groups is 2. The Bertz CT molecular complexity index is 493. The normalized spacial score (nSPS) is 11.8. The van der Waals surface area contributed by atoms with Gasteiger partial charge < -0.3 is 20.5 Å². The van der Waals surface area contributed by atoms with Crippen LogP contribution in [0.5, 0.6) is 0 Å². The van der Waals surface area contributed by atoms with Crippen molar-refractivity contribution in [2.45, 2.75) is 19.4 Å². The van der Waals surface area contributed by atoms with Crippen LogP contribution in [0.2, 0.25) is 0 Å². The molecule has 0 bridgehead atoms. The number of carboxylic acids is 1. The number of nitrogens with one attached hydrogen (secondary N) is 2. The molecule has 1 aromatic carbocycles. The van der Waals surface area contributed by atoms with Gasteiger partial charge >= 0.3 is 12.0 Å². The number of carboxylic acid groups (broad SMARTS) is 1. The largest absolute Gasteiger partial charge is 0.481 e. The van der Waals surface area contributed by atoms with Crippen LogP contribution in [0.25, 0.3) is 0 Å². The Balaban J connectivity index is 2.46. The number of rotatable bonds is 6. The summed E-state index contributed by atoms with van der Waals surface area (Å²) in [5.74, 6) is -1.36. The molecule has 1 rings (SSSR count). The number of hydrogen-bond acceptors (Lipinski definition) is 3. The number of ether oxygens (including phenoxy) is 1. The second-order valence-electron chi connectivity index (χ2n) is 4.25. The third kappa shape index (κ3) is 5.23. The molecule has 0 spiro atoms. The number of aliphatic carboxylic acids is 1. The third-order valence-electron chi connectivity index (χ3n) is 2.64. The first-order chi connectivity index (χ1) is 9.42. The lowest BCUT2D eigenvalue weighted by Gasteiger charge is -2.14. The lowest BCUT2D eigenvalue weighted by Crippen LogP contribution is -2.37. The molecular formula is C13H17FN2O4. The predicted octanol–water partition coefficient (Wildman–Crippen LogP) is 1.75. The fourth-order valence-electron chi connectivity index (χ4n) is 1.54. The lowest BCUT2D eigenvalue weighted by atomic mass is 10.2. The van der Waals surface area contributed by atoms with E-state index in [4.69, 9.17) is 9.84 Å². The molecule has 3 N–H and O–H groups in total. The van der Waals surface area contributed by atoms with E-state index in [-0.39, 0.29) is 18.8 Å². The molecule has 0 radical (unpaired) electrons. The topological polar surface area (TPSA) is 87.7 Å². The highest BCUT2D eigenvalue weighted by Gasteiger charge is 2.13. The zero-order chi connectivity index (χ0) is 15.1. The average Bonchev–Trinajstić information content (AvgIpc) is 2.38. The van der Waals surface area contributed by atoms with Crippen molar-refractivity contribution in [3.05, 3.63) is 29.6 Å². The summed E-state index contributed by atoms with van der Waals surface area (Å²) in [6.07, 6.45) is -0.805. The summed E-state index contributed by atoms with van der Waals surface area (Å²) in [6, 6.07) is 3.68. The molecule has 6 nitrogen and oxygen atoms in total. The van der Waals surface area contributed by atoms with Crippen LogP contribution in [0.15, 0.2) is 18.2 Å². The fourth-order valence-corrected chi connectivity index (χ4v) is 1.54. The van der Waals surface area contributed by atoms with Gasteiger partial charge in [-0.3, -0.25) is 4.79 Å². The summed E-state index contributed by atoms with van der Waals surface area (Å²) in [5.41, 5.74) is 0.872. The van der Waals surface area contributed by atoms with Gasteiger partial charge in [-0.25, -0.2) is 9.18 Å². The van der Waals surface area contributed by atoms with Gasteiger partial charge in [0.15, 0.2) is 0 Å². The van der Waals surface area contributed by atoms with Crippen molar-refractivity contribution in [3.8, 4) is 0 Å². The Hall–Kier alpha value is -2.15. The van der Waals surface area contributed by atoms with Crippen molar-refractivity contribution >= 4 is 17.7 Å². The van der Waals surface area contributed by atoms with Crippen LogP contribution in [0.3, 0.4) is 0 Å². The Morgan fingerprint density at radius 3 is 2.70 bits per heavy atom. The molecule has 1 aromatic rings. The molecule has 1 unspecified atom stereocenters. The molecule has 7 heteroatoms. The van der Waals surface area contributed by atoms with Crippen molar-refractivity contribution in [1.82, 2.24) is 5.32 Å². The minimum Gasteiger partial charge on any atom is -0.481 e. The summed E-state index contributed by atoms with van der Waals surface area (Å²) in [4.78, 5) is 22.1. The minimum atomic E-state index is -1.01. The standard InChI is InChI=1S/C13H17FN2O4/c1-8-5-9(3-4-11(8)14)16-13(19)15-7-10(20-2)6-12(17)18/h3-5,10H,6-7H2,1-2H3,(H,17,18)(H2,15,16,19). The van der Waals surface area contributed by atoms with E-state index in [1.54, 1.807) is 6.92 Å². The van der Waals surface area contributed by atoms with Crippen LogP contribution < -0.4 is 10.6 Å². The average molecular weight is 284 g/mol. The van der Waals surface area contributed by atoms with Crippen molar-refractivity contribution in [3.63, 3.8) is 0 Å². The van der Waals surface area contributed by atoms with Crippen molar-refractivity contribution < 1.29 is 23.8 Å². The molecule has 0 aliphatic carbocycles. The number of hydrogen-bond donors (Lipinski definition) is 3. The number of aryl methyl sites for hydroxylation is 1. The van der Waals surface area contributed by atoms with E-state index in [1.807, 2.05) is 0 Å². The Kier molecular flexibility index (Phi) is 5.92. The molecule has 0 aromatic heterocycles. The summed E-state index contributed by atoms with van der Waals surface area (Å²) in [5, 5.41) is 13.6. The van der Waals surface area contributed by atoms with E-state index in [2.05, 4.69) is 10.6 Å². The summed E-state index contributed by atoms with van der Waals surface area (Å²) >= 11 is 0. The third-order valence-corrected chi connectivity index (χ3v) is 2.64. The molecule has 2 amide bonds. The maximum atomic E-state index is 13.1. The van der Waals surface area contributed by atoms with Crippen molar-refractivity contribution in [2.75, 3.05) is 19.0 Å². The second-order valence-corrected chi connectivity index (χ2v) is 4.25. The smallest absolute Gasteiger partial charge is 0.319 e. The maximum absolute atomic E-state index is 13.1.